The van der Waals surface area contributed by atoms with Crippen LogP contribution in [0.2, 0.25) is 5.15 Å². The highest BCUT2D eigenvalue weighted by atomic mass is 35.5. The van der Waals surface area contributed by atoms with E-state index < -0.39 is 23.1 Å². The van der Waals surface area contributed by atoms with Crippen LogP contribution >= 0.6 is 11.6 Å². The second-order valence-corrected chi connectivity index (χ2v) is 13.4. The summed E-state index contributed by atoms with van der Waals surface area (Å²) in [6, 6.07) is 22.2. The third-order valence-corrected chi connectivity index (χ3v) is 8.54. The minimum Gasteiger partial charge on any atom is -0.384 e. The molecule has 8 rings (SSSR count). The van der Waals surface area contributed by atoms with Crippen molar-refractivity contribution in [1.29, 1.82) is 0 Å². The van der Waals surface area contributed by atoms with E-state index in [-0.39, 0.29) is 23.4 Å². The van der Waals surface area contributed by atoms with Crippen LogP contribution in [0, 0.1) is 25.7 Å². The predicted molar refractivity (Wildman–Crippen MR) is 226 cm³/mol. The Morgan fingerprint density at radius 3 is 1.49 bits per heavy atom. The zero-order valence-electron chi connectivity index (χ0n) is 31.8. The van der Waals surface area contributed by atoms with Gasteiger partial charge < -0.3 is 21.7 Å². The molecule has 0 aliphatic heterocycles. The molecule has 6 aromatic rings. The summed E-state index contributed by atoms with van der Waals surface area (Å²) in [6.07, 6.45) is 13.8. The van der Waals surface area contributed by atoms with Crippen LogP contribution in [-0.2, 0) is 23.1 Å². The number of hydrogen-bond acceptors (Lipinski definition) is 16. The van der Waals surface area contributed by atoms with Gasteiger partial charge in [0, 0.05) is 55.1 Å². The molecule has 5 N–H and O–H groups in total. The lowest BCUT2D eigenvalue weighted by Crippen LogP contribution is -2.09. The second-order valence-electron chi connectivity index (χ2n) is 12.8. The average molecular weight is 855 g/mol. The second kappa shape index (κ2) is 23.6. The summed E-state index contributed by atoms with van der Waals surface area (Å²) in [4.78, 5) is 50.0. The molecule has 19 heteroatoms. The van der Waals surface area contributed by atoms with Gasteiger partial charge >= 0.3 is 23.1 Å². The van der Waals surface area contributed by atoms with Gasteiger partial charge in [-0.1, -0.05) is 35.9 Å². The van der Waals surface area contributed by atoms with E-state index >= 15 is 0 Å². The Morgan fingerprint density at radius 2 is 1.07 bits per heavy atom. The molecule has 0 unspecified atom stereocenters. The van der Waals surface area contributed by atoms with Gasteiger partial charge in [0.15, 0.2) is 11.6 Å². The van der Waals surface area contributed by atoms with Gasteiger partial charge in [-0.3, -0.25) is 9.59 Å². The number of carbonyl (C=O) groups excluding carboxylic acids is 2. The normalized spacial score (nSPS) is 12.1. The molecule has 0 radical (unpaired) electrons. The van der Waals surface area contributed by atoms with E-state index in [0.717, 1.165) is 48.4 Å². The molecule has 2 aliphatic rings. The van der Waals surface area contributed by atoms with Crippen LogP contribution in [0.1, 0.15) is 57.5 Å². The molecule has 304 valence electrons. The Kier molecular flexibility index (Phi) is 18.0. The molecule has 0 spiro atoms. The molecular formula is C40H39ClN10O6S2. The van der Waals surface area contributed by atoms with Crippen LogP contribution in [0.3, 0.4) is 0 Å². The number of aromatic nitrogens is 6. The fourth-order valence-corrected chi connectivity index (χ4v) is 5.27. The smallest absolute Gasteiger partial charge is 0.335 e. The molecule has 6 heterocycles. The quantitative estimate of drug-likeness (QED) is 0.0777. The van der Waals surface area contributed by atoms with Crippen molar-refractivity contribution in [3.63, 3.8) is 0 Å². The van der Waals surface area contributed by atoms with Crippen molar-refractivity contribution in [2.45, 2.75) is 39.5 Å². The zero-order chi connectivity index (χ0) is 42.6. The molecule has 2 fully saturated rings. The number of rotatable bonds is 10. The Balaban J connectivity index is 0.000000204. The van der Waals surface area contributed by atoms with E-state index in [0.29, 0.717) is 45.1 Å². The minimum absolute atomic E-state index is 0.122. The Labute approximate surface area is 352 Å². The van der Waals surface area contributed by atoms with E-state index in [1.54, 1.807) is 49.3 Å². The van der Waals surface area contributed by atoms with Gasteiger partial charge in [0.1, 0.15) is 34.2 Å². The van der Waals surface area contributed by atoms with Crippen molar-refractivity contribution in [3.8, 4) is 0 Å². The van der Waals surface area contributed by atoms with Crippen molar-refractivity contribution in [1.82, 2.24) is 29.9 Å². The lowest BCUT2D eigenvalue weighted by Gasteiger charge is -2.14. The van der Waals surface area contributed by atoms with Gasteiger partial charge in [-0.2, -0.15) is 16.8 Å². The molecule has 59 heavy (non-hydrogen) atoms. The maximum Gasteiger partial charge on any atom is 0.335 e. The van der Waals surface area contributed by atoms with E-state index in [1.807, 2.05) is 74.5 Å². The number of nitrogens with zero attached hydrogens (tertiary/aromatic N) is 6. The first kappa shape index (κ1) is 45.1. The van der Waals surface area contributed by atoms with Gasteiger partial charge in [-0.05, 0) is 93.1 Å². The van der Waals surface area contributed by atoms with Gasteiger partial charge in [-0.25, -0.2) is 29.9 Å². The summed E-state index contributed by atoms with van der Waals surface area (Å²) < 4.78 is 33.2. The standard InChI is InChI=1S/C20H19N5O.C15H14ClN3O.C5H6N2.2O2S/c1-13-5-4-10-22-20(13)24-16-11-18(25-17-6-2-3-9-21-17)23-12-15(16)19(26)14-7-8-14;1-9-3-2-6-17-15(9)19-12-7-13(16)18-8-11(12)14(20)10-4-5-10;6-5-3-1-2-4-7-5;2*1-3-2/h2-6,9-12,14H,7-8H2,1H3,(H2,21,22,23,24,25);2-3,6-8,10H,4-5H2,1H3,(H,17,18,19);1-4H,(H2,6,7);;. The summed E-state index contributed by atoms with van der Waals surface area (Å²) in [5, 5.41) is 10.0. The fraction of sp³-hybridized carbons (Fsp3) is 0.200. The molecule has 2 saturated carbocycles. The van der Waals surface area contributed by atoms with E-state index in [2.05, 4.69) is 45.9 Å². The van der Waals surface area contributed by atoms with Crippen LogP contribution < -0.4 is 21.7 Å². The van der Waals surface area contributed by atoms with Crippen molar-refractivity contribution >= 4 is 86.8 Å². The van der Waals surface area contributed by atoms with Crippen LogP contribution in [0.4, 0.5) is 40.5 Å². The molecule has 0 amide bonds. The highest BCUT2D eigenvalue weighted by molar-refractivity contribution is 7.51. The monoisotopic (exact) mass is 854 g/mol. The first-order chi connectivity index (χ1) is 28.6. The van der Waals surface area contributed by atoms with E-state index in [9.17, 15) is 9.59 Å². The third-order valence-electron chi connectivity index (χ3n) is 8.34. The van der Waals surface area contributed by atoms with Gasteiger partial charge in [0.2, 0.25) is 0 Å². The number of pyridine rings is 6. The summed E-state index contributed by atoms with van der Waals surface area (Å²) in [6.45, 7) is 3.94. The topological polar surface area (TPSA) is 242 Å². The molecule has 0 aromatic carbocycles. The molecule has 0 bridgehead atoms. The summed E-state index contributed by atoms with van der Waals surface area (Å²) in [5.41, 5.74) is 9.82. The van der Waals surface area contributed by atoms with Crippen LogP contribution in [0.15, 0.2) is 110 Å². The van der Waals surface area contributed by atoms with Gasteiger partial charge in [-0.15, -0.1) is 0 Å². The molecule has 0 atom stereocenters. The number of nitrogens with one attached hydrogen (secondary N) is 3. The zero-order valence-corrected chi connectivity index (χ0v) is 34.2. The minimum atomic E-state index is -0.750. The van der Waals surface area contributed by atoms with Gasteiger partial charge in [0.05, 0.1) is 22.5 Å². The molecule has 16 nitrogen and oxygen atoms in total. The number of carbonyl (C=O) groups is 2. The fourth-order valence-electron chi connectivity index (χ4n) is 5.12. The van der Waals surface area contributed by atoms with Crippen molar-refractivity contribution in [2.75, 3.05) is 21.7 Å². The van der Waals surface area contributed by atoms with Gasteiger partial charge in [0.25, 0.3) is 0 Å². The van der Waals surface area contributed by atoms with Crippen LogP contribution in [0.25, 0.3) is 0 Å². The Hall–Kier alpha value is -6.63. The molecular weight excluding hydrogens is 816 g/mol. The van der Waals surface area contributed by atoms with Crippen molar-refractivity contribution in [3.05, 3.63) is 137 Å². The molecule has 0 saturated heterocycles. The Morgan fingerprint density at radius 1 is 0.593 bits per heavy atom. The van der Waals surface area contributed by atoms with E-state index in [4.69, 9.17) is 34.2 Å². The lowest BCUT2D eigenvalue weighted by molar-refractivity contribution is 0.0960. The first-order valence-electron chi connectivity index (χ1n) is 17.9. The third kappa shape index (κ3) is 15.0. The summed E-state index contributed by atoms with van der Waals surface area (Å²) in [5.74, 6) is 3.87. The average Bonchev–Trinajstić information content (AvgIpc) is 4.16. The number of aryl methyl sites for hydroxylation is 2. The largest absolute Gasteiger partial charge is 0.384 e. The summed E-state index contributed by atoms with van der Waals surface area (Å²) >= 11 is 4.44. The highest BCUT2D eigenvalue weighted by Gasteiger charge is 2.33. The lowest BCUT2D eigenvalue weighted by atomic mass is 10.1. The SMILES string of the molecule is Cc1cccnc1Nc1cc(Cl)ncc1C(=O)C1CC1.Cc1cccnc1Nc1cc(Nc2ccccn2)ncc1C(=O)C1CC1.Nc1ccccn1.O=S=O.O=S=O. The number of ketones is 2. The number of nitrogen functional groups attached to an aromatic ring is 1. The maximum absolute atomic E-state index is 12.6. The predicted octanol–water partition coefficient (Wildman–Crippen LogP) is 7.36. The highest BCUT2D eigenvalue weighted by Crippen LogP contribution is 2.37. The number of Topliss-reactive ketones (excluding diaryl/α,β-unsaturated/α-hetero) is 2. The molecule has 6 aromatic heterocycles. The van der Waals surface area contributed by atoms with E-state index in [1.165, 1.54) is 0 Å². The number of hydrogen-bond donors (Lipinski definition) is 4. The van der Waals surface area contributed by atoms with Crippen molar-refractivity contribution < 1.29 is 26.4 Å². The number of nitrogens with two attached hydrogens (primary N) is 1. The number of anilines is 7. The summed E-state index contributed by atoms with van der Waals surface area (Å²) in [7, 11) is 0. The molecule has 2 aliphatic carbocycles. The first-order valence-corrected chi connectivity index (χ1v) is 19.6. The maximum atomic E-state index is 12.6. The van der Waals surface area contributed by atoms with Crippen molar-refractivity contribution in [2.24, 2.45) is 11.8 Å². The number of halogens is 1. The Bertz CT molecular complexity index is 2390. The van der Waals surface area contributed by atoms with Crippen LogP contribution in [0.5, 0.6) is 0 Å². The van der Waals surface area contributed by atoms with Crippen LogP contribution in [-0.4, -0.2) is 58.3 Å².